The number of rotatable bonds is 1. The van der Waals surface area contributed by atoms with Crippen LogP contribution in [0.15, 0.2) is 23.8 Å². The van der Waals surface area contributed by atoms with Gasteiger partial charge in [0.2, 0.25) is 6.10 Å². The molecule has 0 N–H and O–H groups in total. The molecule has 5 heteroatoms. The van der Waals surface area contributed by atoms with Gasteiger partial charge in [-0.1, -0.05) is 11.6 Å². The Morgan fingerprint density at radius 2 is 2.00 bits per heavy atom. The normalized spacial score (nSPS) is 18.7. The van der Waals surface area contributed by atoms with Crippen molar-refractivity contribution in [3.8, 4) is 5.75 Å². The zero-order valence-corrected chi connectivity index (χ0v) is 9.84. The van der Waals surface area contributed by atoms with Crippen molar-refractivity contribution in [2.45, 2.75) is 26.1 Å². The number of alkyl halides is 3. The molecular formula is C13H11F3O2. The first-order chi connectivity index (χ1) is 8.29. The van der Waals surface area contributed by atoms with Crippen LogP contribution in [-0.4, -0.2) is 18.1 Å². The number of ether oxygens (including phenoxy) is 1. The maximum absolute atomic E-state index is 12.8. The largest absolute Gasteiger partial charge is 0.475 e. The number of aryl methyl sites for hydroxylation is 1. The van der Waals surface area contributed by atoms with Crippen molar-refractivity contribution >= 4 is 11.9 Å². The minimum absolute atomic E-state index is 0.146. The van der Waals surface area contributed by atoms with Gasteiger partial charge in [-0.15, -0.1) is 0 Å². The standard InChI is InChI=1S/C13H11F3O2/c1-7-3-4-11-9(5-7)6-10(8(2)17)12(18-11)13(14,15)16/h3-6,12H,1-2H3. The molecule has 1 aliphatic heterocycles. The summed E-state index contributed by atoms with van der Waals surface area (Å²) in [6.45, 7) is 2.92. The minimum Gasteiger partial charge on any atom is -0.475 e. The van der Waals surface area contributed by atoms with Crippen LogP contribution in [0.5, 0.6) is 5.75 Å². The summed E-state index contributed by atoms with van der Waals surface area (Å²) in [5, 5.41) is 0. The number of fused-ring (bicyclic) bond motifs is 1. The second-order valence-electron chi connectivity index (χ2n) is 4.24. The first kappa shape index (κ1) is 12.7. The third-order valence-electron chi connectivity index (χ3n) is 2.71. The summed E-state index contributed by atoms with van der Waals surface area (Å²) in [7, 11) is 0. The molecule has 0 spiro atoms. The highest BCUT2D eigenvalue weighted by Gasteiger charge is 2.47. The van der Waals surface area contributed by atoms with Crippen molar-refractivity contribution in [2.24, 2.45) is 0 Å². The van der Waals surface area contributed by atoms with Crippen molar-refractivity contribution < 1.29 is 22.7 Å². The van der Waals surface area contributed by atoms with Crippen LogP contribution in [0.1, 0.15) is 18.1 Å². The number of benzene rings is 1. The Morgan fingerprint density at radius 1 is 1.33 bits per heavy atom. The van der Waals surface area contributed by atoms with E-state index in [0.717, 1.165) is 12.5 Å². The van der Waals surface area contributed by atoms with Gasteiger partial charge in [0.25, 0.3) is 0 Å². The van der Waals surface area contributed by atoms with E-state index in [1.165, 1.54) is 12.1 Å². The van der Waals surface area contributed by atoms with Crippen molar-refractivity contribution in [2.75, 3.05) is 0 Å². The van der Waals surface area contributed by atoms with Crippen LogP contribution in [0.3, 0.4) is 0 Å². The number of carbonyl (C=O) groups excluding carboxylic acids is 1. The molecule has 2 nitrogen and oxygen atoms in total. The average molecular weight is 256 g/mol. The SMILES string of the molecule is CC(=O)C1=Cc2cc(C)ccc2OC1C(F)(F)F. The summed E-state index contributed by atoms with van der Waals surface area (Å²) in [6, 6.07) is 4.83. The molecule has 2 rings (SSSR count). The van der Waals surface area contributed by atoms with Gasteiger partial charge in [-0.3, -0.25) is 4.79 Å². The first-order valence-corrected chi connectivity index (χ1v) is 5.35. The van der Waals surface area contributed by atoms with E-state index in [2.05, 4.69) is 0 Å². The molecule has 1 aromatic rings. The van der Waals surface area contributed by atoms with Gasteiger partial charge >= 0.3 is 6.18 Å². The van der Waals surface area contributed by atoms with Crippen LogP contribution in [0.2, 0.25) is 0 Å². The zero-order valence-electron chi connectivity index (χ0n) is 9.84. The van der Waals surface area contributed by atoms with Gasteiger partial charge in [-0.25, -0.2) is 0 Å². The maximum Gasteiger partial charge on any atom is 0.429 e. The Balaban J connectivity index is 2.53. The molecular weight excluding hydrogens is 245 g/mol. The lowest BCUT2D eigenvalue weighted by atomic mass is 9.97. The van der Waals surface area contributed by atoms with Gasteiger partial charge in [0, 0.05) is 11.1 Å². The molecule has 1 aromatic carbocycles. The monoisotopic (exact) mass is 256 g/mol. The molecule has 0 saturated heterocycles. The molecule has 1 heterocycles. The van der Waals surface area contributed by atoms with E-state index in [-0.39, 0.29) is 11.3 Å². The number of hydrogen-bond acceptors (Lipinski definition) is 2. The van der Waals surface area contributed by atoms with Gasteiger partial charge in [-0.05, 0) is 32.1 Å². The molecule has 0 aromatic heterocycles. The van der Waals surface area contributed by atoms with Crippen LogP contribution in [0.25, 0.3) is 6.08 Å². The van der Waals surface area contributed by atoms with E-state index < -0.39 is 18.1 Å². The lowest BCUT2D eigenvalue weighted by molar-refractivity contribution is -0.184. The van der Waals surface area contributed by atoms with Crippen LogP contribution >= 0.6 is 0 Å². The Hall–Kier alpha value is -1.78. The fourth-order valence-corrected chi connectivity index (χ4v) is 1.85. The molecule has 0 fully saturated rings. The smallest absolute Gasteiger partial charge is 0.429 e. The average Bonchev–Trinajstić information content (AvgIpc) is 2.25. The predicted octanol–water partition coefficient (Wildman–Crippen LogP) is 3.29. The fraction of sp³-hybridized carbons (Fsp3) is 0.308. The van der Waals surface area contributed by atoms with Crippen molar-refractivity contribution in [1.29, 1.82) is 0 Å². The van der Waals surface area contributed by atoms with Crippen LogP contribution < -0.4 is 4.74 Å². The Labute approximate surface area is 102 Å². The highest BCUT2D eigenvalue weighted by Crippen LogP contribution is 2.37. The Kier molecular flexibility index (Phi) is 2.92. The van der Waals surface area contributed by atoms with E-state index in [1.54, 1.807) is 12.1 Å². The third-order valence-corrected chi connectivity index (χ3v) is 2.71. The van der Waals surface area contributed by atoms with Crippen LogP contribution in [-0.2, 0) is 4.79 Å². The summed E-state index contributed by atoms with van der Waals surface area (Å²) in [6.07, 6.45) is -5.52. The van der Waals surface area contributed by atoms with E-state index in [9.17, 15) is 18.0 Å². The lowest BCUT2D eigenvalue weighted by Gasteiger charge is -2.27. The quantitative estimate of drug-likeness (QED) is 0.770. The molecule has 1 aliphatic rings. The topological polar surface area (TPSA) is 26.3 Å². The van der Waals surface area contributed by atoms with E-state index in [0.29, 0.717) is 5.56 Å². The number of halogens is 3. The second kappa shape index (κ2) is 4.15. The first-order valence-electron chi connectivity index (χ1n) is 5.35. The molecule has 0 amide bonds. The maximum atomic E-state index is 12.8. The van der Waals surface area contributed by atoms with E-state index in [4.69, 9.17) is 4.74 Å². The predicted molar refractivity (Wildman–Crippen MR) is 60.3 cm³/mol. The molecule has 0 bridgehead atoms. The Bertz CT molecular complexity index is 530. The molecule has 0 aliphatic carbocycles. The van der Waals surface area contributed by atoms with Crippen LogP contribution in [0, 0.1) is 6.92 Å². The molecule has 1 unspecified atom stereocenters. The number of carbonyl (C=O) groups is 1. The fourth-order valence-electron chi connectivity index (χ4n) is 1.85. The number of hydrogen-bond donors (Lipinski definition) is 0. The van der Waals surface area contributed by atoms with Crippen molar-refractivity contribution in [1.82, 2.24) is 0 Å². The van der Waals surface area contributed by atoms with Crippen LogP contribution in [0.4, 0.5) is 13.2 Å². The van der Waals surface area contributed by atoms with E-state index in [1.807, 2.05) is 6.92 Å². The third kappa shape index (κ3) is 2.25. The number of Topliss-reactive ketones (excluding diaryl/α,β-unsaturated/α-hetero) is 1. The van der Waals surface area contributed by atoms with Gasteiger partial charge in [0.1, 0.15) is 5.75 Å². The molecule has 0 saturated carbocycles. The van der Waals surface area contributed by atoms with Gasteiger partial charge in [0.15, 0.2) is 5.78 Å². The molecule has 0 radical (unpaired) electrons. The summed E-state index contributed by atoms with van der Waals surface area (Å²) < 4.78 is 43.3. The lowest BCUT2D eigenvalue weighted by Crippen LogP contribution is -2.39. The summed E-state index contributed by atoms with van der Waals surface area (Å²) in [5.41, 5.74) is 1.03. The van der Waals surface area contributed by atoms with Gasteiger partial charge in [0.05, 0.1) is 0 Å². The minimum atomic E-state index is -4.60. The second-order valence-corrected chi connectivity index (χ2v) is 4.24. The van der Waals surface area contributed by atoms with Crippen molar-refractivity contribution in [3.05, 3.63) is 34.9 Å². The van der Waals surface area contributed by atoms with E-state index >= 15 is 0 Å². The number of ketones is 1. The van der Waals surface area contributed by atoms with Gasteiger partial charge < -0.3 is 4.74 Å². The summed E-state index contributed by atoms with van der Waals surface area (Å²) in [4.78, 5) is 11.3. The van der Waals surface area contributed by atoms with Crippen molar-refractivity contribution in [3.63, 3.8) is 0 Å². The van der Waals surface area contributed by atoms with Gasteiger partial charge in [-0.2, -0.15) is 13.2 Å². The zero-order chi connectivity index (χ0) is 13.5. The summed E-state index contributed by atoms with van der Waals surface area (Å²) in [5.74, 6) is -0.489. The molecule has 96 valence electrons. The summed E-state index contributed by atoms with van der Waals surface area (Å²) >= 11 is 0. The highest BCUT2D eigenvalue weighted by molar-refractivity contribution is 6.00. The Morgan fingerprint density at radius 3 is 2.56 bits per heavy atom. The highest BCUT2D eigenvalue weighted by atomic mass is 19.4. The molecule has 1 atom stereocenters. The molecule has 18 heavy (non-hydrogen) atoms.